The van der Waals surface area contributed by atoms with Crippen LogP contribution in [-0.2, 0) is 9.84 Å². The van der Waals surface area contributed by atoms with E-state index in [0.717, 1.165) is 18.3 Å². The van der Waals surface area contributed by atoms with Gasteiger partial charge in [0.05, 0.1) is 5.75 Å². The van der Waals surface area contributed by atoms with Gasteiger partial charge >= 0.3 is 0 Å². The Morgan fingerprint density at radius 3 is 2.43 bits per heavy atom. The number of nitrogens with one attached hydrogen (secondary N) is 1. The van der Waals surface area contributed by atoms with Gasteiger partial charge in [0.2, 0.25) is 0 Å². The molecule has 0 spiro atoms. The van der Waals surface area contributed by atoms with Gasteiger partial charge in [0.25, 0.3) is 0 Å². The molecule has 0 aromatic heterocycles. The zero-order valence-corrected chi connectivity index (χ0v) is 11.2. The molecule has 0 radical (unpaired) electrons. The highest BCUT2D eigenvalue weighted by molar-refractivity contribution is 9.09. The van der Waals surface area contributed by atoms with Gasteiger partial charge in [0.1, 0.15) is 0 Å². The van der Waals surface area contributed by atoms with Crippen molar-refractivity contribution in [3.05, 3.63) is 0 Å². The highest BCUT2D eigenvalue weighted by Gasteiger charge is 2.05. The summed E-state index contributed by atoms with van der Waals surface area (Å²) in [6, 6.07) is 0. The van der Waals surface area contributed by atoms with Crippen LogP contribution in [0.5, 0.6) is 0 Å². The van der Waals surface area contributed by atoms with Gasteiger partial charge in [-0.25, -0.2) is 8.42 Å². The monoisotopic (exact) mass is 285 g/mol. The normalized spacial score (nSPS) is 11.9. The Hall–Kier alpha value is 0.390. The molecule has 0 saturated carbocycles. The predicted molar refractivity (Wildman–Crippen MR) is 64.8 cm³/mol. The standard InChI is InChI=1S/C9H20BrNO2S/c1-2-14(12,13)9-8-11-7-5-3-4-6-10/h11H,2-9H2,1H3. The van der Waals surface area contributed by atoms with E-state index < -0.39 is 9.84 Å². The zero-order valence-electron chi connectivity index (χ0n) is 8.76. The molecular weight excluding hydrogens is 266 g/mol. The van der Waals surface area contributed by atoms with Crippen LogP contribution in [0.1, 0.15) is 26.2 Å². The first-order valence-electron chi connectivity index (χ1n) is 5.09. The van der Waals surface area contributed by atoms with Gasteiger partial charge in [-0.15, -0.1) is 0 Å². The molecule has 14 heavy (non-hydrogen) atoms. The first kappa shape index (κ1) is 14.4. The van der Waals surface area contributed by atoms with E-state index in [-0.39, 0.29) is 11.5 Å². The fourth-order valence-corrected chi connectivity index (χ4v) is 2.16. The number of sulfone groups is 1. The largest absolute Gasteiger partial charge is 0.316 e. The second-order valence-electron chi connectivity index (χ2n) is 3.24. The Labute approximate surface area is 95.7 Å². The smallest absolute Gasteiger partial charge is 0.151 e. The summed E-state index contributed by atoms with van der Waals surface area (Å²) in [6.07, 6.45) is 3.51. The van der Waals surface area contributed by atoms with Gasteiger partial charge in [0, 0.05) is 17.6 Å². The molecule has 86 valence electrons. The van der Waals surface area contributed by atoms with Crippen molar-refractivity contribution in [3.63, 3.8) is 0 Å². The second-order valence-corrected chi connectivity index (χ2v) is 6.50. The van der Waals surface area contributed by atoms with Crippen LogP contribution < -0.4 is 5.32 Å². The minimum atomic E-state index is -2.79. The van der Waals surface area contributed by atoms with Gasteiger partial charge in [0.15, 0.2) is 9.84 Å². The second kappa shape index (κ2) is 8.68. The van der Waals surface area contributed by atoms with Gasteiger partial charge in [-0.05, 0) is 19.4 Å². The number of halogens is 1. The topological polar surface area (TPSA) is 46.2 Å². The lowest BCUT2D eigenvalue weighted by atomic mass is 10.2. The molecule has 0 aliphatic heterocycles. The van der Waals surface area contributed by atoms with Crippen molar-refractivity contribution in [3.8, 4) is 0 Å². The molecule has 0 aromatic rings. The maximum Gasteiger partial charge on any atom is 0.151 e. The van der Waals surface area contributed by atoms with Gasteiger partial charge in [-0.3, -0.25) is 0 Å². The molecule has 3 nitrogen and oxygen atoms in total. The van der Waals surface area contributed by atoms with E-state index in [4.69, 9.17) is 0 Å². The van der Waals surface area contributed by atoms with E-state index in [1.807, 2.05) is 0 Å². The SMILES string of the molecule is CCS(=O)(=O)CCNCCCCCBr. The van der Waals surface area contributed by atoms with Crippen LogP contribution in [0.4, 0.5) is 0 Å². The Kier molecular flexibility index (Phi) is 8.92. The average molecular weight is 286 g/mol. The summed E-state index contributed by atoms with van der Waals surface area (Å²) < 4.78 is 22.2. The van der Waals surface area contributed by atoms with Crippen molar-refractivity contribution >= 4 is 25.8 Å². The van der Waals surface area contributed by atoms with Crippen LogP contribution in [0, 0.1) is 0 Å². The Balaban J connectivity index is 3.22. The minimum Gasteiger partial charge on any atom is -0.316 e. The third-order valence-corrected chi connectivity index (χ3v) is 4.28. The maximum atomic E-state index is 11.1. The Bertz CT molecular complexity index is 217. The number of alkyl halides is 1. The van der Waals surface area contributed by atoms with Crippen LogP contribution in [0.25, 0.3) is 0 Å². The summed E-state index contributed by atoms with van der Waals surface area (Å²) in [6.45, 7) is 3.20. The van der Waals surface area contributed by atoms with Crippen molar-refractivity contribution in [1.29, 1.82) is 0 Å². The van der Waals surface area contributed by atoms with Crippen molar-refractivity contribution in [2.45, 2.75) is 26.2 Å². The van der Waals surface area contributed by atoms with Crippen molar-refractivity contribution in [1.82, 2.24) is 5.32 Å². The molecule has 0 aliphatic rings. The third-order valence-electron chi connectivity index (χ3n) is 2.02. The van der Waals surface area contributed by atoms with E-state index >= 15 is 0 Å². The molecule has 1 N–H and O–H groups in total. The summed E-state index contributed by atoms with van der Waals surface area (Å²) in [5, 5.41) is 4.19. The fourth-order valence-electron chi connectivity index (χ4n) is 1.02. The van der Waals surface area contributed by atoms with Crippen molar-refractivity contribution in [2.75, 3.05) is 29.9 Å². The van der Waals surface area contributed by atoms with E-state index in [1.165, 1.54) is 12.8 Å². The molecule has 0 fully saturated rings. The fraction of sp³-hybridized carbons (Fsp3) is 1.00. The average Bonchev–Trinajstić information content (AvgIpc) is 2.16. The highest BCUT2D eigenvalue weighted by Crippen LogP contribution is 1.96. The van der Waals surface area contributed by atoms with Crippen LogP contribution in [0.2, 0.25) is 0 Å². The number of rotatable bonds is 9. The predicted octanol–water partition coefficient (Wildman–Crippen LogP) is 1.58. The minimum absolute atomic E-state index is 0.248. The van der Waals surface area contributed by atoms with Crippen molar-refractivity contribution in [2.24, 2.45) is 0 Å². The highest BCUT2D eigenvalue weighted by atomic mass is 79.9. The molecule has 0 atom stereocenters. The van der Waals surface area contributed by atoms with Crippen LogP contribution in [0.3, 0.4) is 0 Å². The summed E-state index contributed by atoms with van der Waals surface area (Å²) in [4.78, 5) is 0. The molecule has 0 unspecified atom stereocenters. The van der Waals surface area contributed by atoms with Gasteiger partial charge in [-0.1, -0.05) is 29.3 Å². The molecule has 0 aliphatic carbocycles. The van der Waals surface area contributed by atoms with Crippen LogP contribution in [-0.4, -0.2) is 38.3 Å². The van der Waals surface area contributed by atoms with Gasteiger partial charge < -0.3 is 5.32 Å². The van der Waals surface area contributed by atoms with E-state index in [2.05, 4.69) is 21.2 Å². The quantitative estimate of drug-likeness (QED) is 0.517. The van der Waals surface area contributed by atoms with E-state index in [9.17, 15) is 8.42 Å². The summed E-state index contributed by atoms with van der Waals surface area (Å²) in [5.74, 6) is 0.514. The van der Waals surface area contributed by atoms with Gasteiger partial charge in [-0.2, -0.15) is 0 Å². The van der Waals surface area contributed by atoms with Crippen molar-refractivity contribution < 1.29 is 8.42 Å². The first-order valence-corrected chi connectivity index (χ1v) is 8.03. The number of unbranched alkanes of at least 4 members (excludes halogenated alkanes) is 2. The summed E-state index contributed by atoms with van der Waals surface area (Å²) in [7, 11) is -2.79. The molecule has 0 rings (SSSR count). The van der Waals surface area contributed by atoms with Crippen LogP contribution >= 0.6 is 15.9 Å². The lowest BCUT2D eigenvalue weighted by Gasteiger charge is -2.04. The first-order chi connectivity index (χ1) is 6.62. The number of hydrogen-bond acceptors (Lipinski definition) is 3. The number of hydrogen-bond donors (Lipinski definition) is 1. The molecule has 0 heterocycles. The molecule has 0 saturated heterocycles. The third kappa shape index (κ3) is 8.97. The van der Waals surface area contributed by atoms with E-state index in [0.29, 0.717) is 6.54 Å². The molecule has 0 aromatic carbocycles. The summed E-state index contributed by atoms with van der Waals surface area (Å²) in [5.41, 5.74) is 0. The molecule has 0 amide bonds. The Morgan fingerprint density at radius 1 is 1.14 bits per heavy atom. The zero-order chi connectivity index (χ0) is 10.9. The molecular formula is C9H20BrNO2S. The lowest BCUT2D eigenvalue weighted by Crippen LogP contribution is -2.24. The van der Waals surface area contributed by atoms with E-state index in [1.54, 1.807) is 6.92 Å². The lowest BCUT2D eigenvalue weighted by molar-refractivity contribution is 0.587. The Morgan fingerprint density at radius 2 is 1.86 bits per heavy atom. The molecule has 0 bridgehead atoms. The molecule has 5 heteroatoms. The maximum absolute atomic E-state index is 11.1. The van der Waals surface area contributed by atoms with Crippen LogP contribution in [0.15, 0.2) is 0 Å². The summed E-state index contributed by atoms with van der Waals surface area (Å²) >= 11 is 3.37.